The number of benzene rings is 2. The second-order valence-electron chi connectivity index (χ2n) is 5.69. The van der Waals surface area contributed by atoms with E-state index in [1.165, 1.54) is 36.0 Å². The van der Waals surface area contributed by atoms with E-state index in [0.717, 1.165) is 5.56 Å². The lowest BCUT2D eigenvalue weighted by molar-refractivity contribution is -0.115. The van der Waals surface area contributed by atoms with Crippen LogP contribution < -0.4 is 10.5 Å². The number of hydrogen-bond donors (Lipinski definition) is 2. The van der Waals surface area contributed by atoms with Crippen LogP contribution in [0.25, 0.3) is 0 Å². The Morgan fingerprint density at radius 3 is 2.37 bits per heavy atom. The molecule has 0 bridgehead atoms. The second-order valence-corrected chi connectivity index (χ2v) is 8.33. The SMILES string of the molecule is Cn1cnnc1S[C@H](C(=O)Nc1ccc(S(N)(=O)=O)cc1)c1ccccc1. The number of hydrogen-bond acceptors (Lipinski definition) is 6. The Morgan fingerprint density at radius 2 is 1.81 bits per heavy atom. The molecule has 0 unspecified atom stereocenters. The van der Waals surface area contributed by atoms with Crippen LogP contribution in [0.4, 0.5) is 5.69 Å². The lowest BCUT2D eigenvalue weighted by Crippen LogP contribution is -2.19. The van der Waals surface area contributed by atoms with Crippen LogP contribution in [0.15, 0.2) is 71.0 Å². The number of nitrogens with zero attached hydrogens (tertiary/aromatic N) is 3. The minimum Gasteiger partial charge on any atom is -0.325 e. The topological polar surface area (TPSA) is 120 Å². The summed E-state index contributed by atoms with van der Waals surface area (Å²) in [6.07, 6.45) is 1.56. The van der Waals surface area contributed by atoms with E-state index in [0.29, 0.717) is 10.8 Å². The van der Waals surface area contributed by atoms with Crippen molar-refractivity contribution < 1.29 is 13.2 Å². The van der Waals surface area contributed by atoms with Crippen molar-refractivity contribution in [1.29, 1.82) is 0 Å². The number of aromatic nitrogens is 3. The average Bonchev–Trinajstić information content (AvgIpc) is 3.04. The molecule has 10 heteroatoms. The van der Waals surface area contributed by atoms with E-state index in [1.54, 1.807) is 17.9 Å². The maximum absolute atomic E-state index is 12.9. The van der Waals surface area contributed by atoms with Crippen LogP contribution in [0.2, 0.25) is 0 Å². The first kappa shape index (κ1) is 19.1. The van der Waals surface area contributed by atoms with Crippen molar-refractivity contribution in [3.05, 3.63) is 66.5 Å². The molecule has 0 aliphatic heterocycles. The standard InChI is InChI=1S/C17H17N5O3S2/c1-22-11-19-21-17(22)26-15(12-5-3-2-4-6-12)16(23)20-13-7-9-14(10-8-13)27(18,24)25/h2-11,15H,1H3,(H,20,23)(H2,18,24,25)/t15-/m0/s1. The average molecular weight is 403 g/mol. The van der Waals surface area contributed by atoms with Gasteiger partial charge in [0, 0.05) is 12.7 Å². The molecule has 1 heterocycles. The van der Waals surface area contributed by atoms with Gasteiger partial charge in [-0.25, -0.2) is 13.6 Å². The Kier molecular flexibility index (Phi) is 5.59. The zero-order valence-corrected chi connectivity index (χ0v) is 15.9. The van der Waals surface area contributed by atoms with E-state index in [2.05, 4.69) is 15.5 Å². The Bertz CT molecular complexity index is 1030. The molecule has 1 atom stereocenters. The van der Waals surface area contributed by atoms with E-state index >= 15 is 0 Å². The predicted molar refractivity (Wildman–Crippen MR) is 102 cm³/mol. The van der Waals surface area contributed by atoms with Crippen LogP contribution in [-0.4, -0.2) is 29.1 Å². The number of sulfonamides is 1. The van der Waals surface area contributed by atoms with Gasteiger partial charge in [0.2, 0.25) is 15.9 Å². The maximum Gasteiger partial charge on any atom is 0.242 e. The zero-order chi connectivity index (χ0) is 19.4. The number of carbonyl (C=O) groups excluding carboxylic acids is 1. The highest BCUT2D eigenvalue weighted by molar-refractivity contribution is 8.00. The highest BCUT2D eigenvalue weighted by Gasteiger charge is 2.24. The third-order valence-electron chi connectivity index (χ3n) is 3.68. The third-order valence-corrected chi connectivity index (χ3v) is 5.92. The summed E-state index contributed by atoms with van der Waals surface area (Å²) < 4.78 is 24.4. The van der Waals surface area contributed by atoms with Crippen LogP contribution in [0, 0.1) is 0 Å². The monoisotopic (exact) mass is 403 g/mol. The first-order chi connectivity index (χ1) is 12.8. The minimum atomic E-state index is -3.78. The fourth-order valence-corrected chi connectivity index (χ4v) is 3.81. The Balaban J connectivity index is 1.84. The fraction of sp³-hybridized carbons (Fsp3) is 0.118. The highest BCUT2D eigenvalue weighted by Crippen LogP contribution is 2.34. The van der Waals surface area contributed by atoms with Gasteiger partial charge >= 0.3 is 0 Å². The smallest absolute Gasteiger partial charge is 0.242 e. The number of anilines is 1. The van der Waals surface area contributed by atoms with Gasteiger partial charge in [-0.1, -0.05) is 42.1 Å². The van der Waals surface area contributed by atoms with Crippen molar-refractivity contribution in [3.8, 4) is 0 Å². The summed E-state index contributed by atoms with van der Waals surface area (Å²) in [5, 5.41) is 15.8. The summed E-state index contributed by atoms with van der Waals surface area (Å²) in [6, 6.07) is 15.0. The number of amides is 1. The third kappa shape index (κ3) is 4.73. The van der Waals surface area contributed by atoms with E-state index in [-0.39, 0.29) is 10.8 Å². The maximum atomic E-state index is 12.9. The fourth-order valence-electron chi connectivity index (χ4n) is 2.32. The molecule has 3 aromatic rings. The molecule has 0 spiro atoms. The zero-order valence-electron chi connectivity index (χ0n) is 14.3. The molecule has 0 saturated heterocycles. The quantitative estimate of drug-likeness (QED) is 0.607. The summed E-state index contributed by atoms with van der Waals surface area (Å²) in [4.78, 5) is 12.9. The number of nitrogens with two attached hydrogens (primary N) is 1. The molecule has 140 valence electrons. The lowest BCUT2D eigenvalue weighted by atomic mass is 10.1. The molecule has 1 amide bonds. The van der Waals surface area contributed by atoms with Crippen LogP contribution >= 0.6 is 11.8 Å². The molecule has 0 aliphatic carbocycles. The molecule has 0 radical (unpaired) electrons. The molecular formula is C17H17N5O3S2. The number of carbonyl (C=O) groups is 1. The molecule has 1 aromatic heterocycles. The van der Waals surface area contributed by atoms with E-state index < -0.39 is 15.3 Å². The number of primary sulfonamides is 1. The summed E-state index contributed by atoms with van der Waals surface area (Å²) in [5.74, 6) is -0.266. The summed E-state index contributed by atoms with van der Waals surface area (Å²) >= 11 is 1.27. The van der Waals surface area contributed by atoms with Crippen molar-refractivity contribution >= 4 is 33.4 Å². The number of rotatable bonds is 6. The molecule has 3 N–H and O–H groups in total. The summed E-state index contributed by atoms with van der Waals surface area (Å²) in [6.45, 7) is 0. The van der Waals surface area contributed by atoms with Crippen molar-refractivity contribution in [2.24, 2.45) is 12.2 Å². The predicted octanol–water partition coefficient (Wildman–Crippen LogP) is 1.93. The minimum absolute atomic E-state index is 0.0198. The normalized spacial score (nSPS) is 12.5. The molecule has 0 saturated carbocycles. The van der Waals surface area contributed by atoms with Crippen molar-refractivity contribution in [1.82, 2.24) is 14.8 Å². The first-order valence-corrected chi connectivity index (χ1v) is 10.3. The van der Waals surface area contributed by atoms with Crippen LogP contribution in [-0.2, 0) is 21.9 Å². The van der Waals surface area contributed by atoms with E-state index in [1.807, 2.05) is 30.3 Å². The lowest BCUT2D eigenvalue weighted by Gasteiger charge is -2.16. The second kappa shape index (κ2) is 7.91. The van der Waals surface area contributed by atoms with Crippen LogP contribution in [0.3, 0.4) is 0 Å². The van der Waals surface area contributed by atoms with Crippen molar-refractivity contribution in [2.75, 3.05) is 5.32 Å². The van der Waals surface area contributed by atoms with Gasteiger partial charge in [-0.2, -0.15) is 0 Å². The van der Waals surface area contributed by atoms with Gasteiger partial charge in [0.1, 0.15) is 11.6 Å². The van der Waals surface area contributed by atoms with Gasteiger partial charge in [0.05, 0.1) is 4.90 Å². The molecule has 8 nitrogen and oxygen atoms in total. The van der Waals surface area contributed by atoms with Crippen LogP contribution in [0.1, 0.15) is 10.8 Å². The van der Waals surface area contributed by atoms with Crippen LogP contribution in [0.5, 0.6) is 0 Å². The number of nitrogens with one attached hydrogen (secondary N) is 1. The van der Waals surface area contributed by atoms with Gasteiger partial charge in [-0.15, -0.1) is 10.2 Å². The molecular weight excluding hydrogens is 386 g/mol. The van der Waals surface area contributed by atoms with Gasteiger partial charge in [0.15, 0.2) is 5.16 Å². The van der Waals surface area contributed by atoms with Gasteiger partial charge in [-0.05, 0) is 29.8 Å². The van der Waals surface area contributed by atoms with Gasteiger partial charge in [-0.3, -0.25) is 4.79 Å². The van der Waals surface area contributed by atoms with Crippen molar-refractivity contribution in [2.45, 2.75) is 15.3 Å². The molecule has 2 aromatic carbocycles. The molecule has 0 aliphatic rings. The molecule has 3 rings (SSSR count). The number of thioether (sulfide) groups is 1. The van der Waals surface area contributed by atoms with E-state index in [4.69, 9.17) is 5.14 Å². The molecule has 0 fully saturated rings. The van der Waals surface area contributed by atoms with Gasteiger partial charge in [0.25, 0.3) is 0 Å². The highest BCUT2D eigenvalue weighted by atomic mass is 32.2. The van der Waals surface area contributed by atoms with Crippen molar-refractivity contribution in [3.63, 3.8) is 0 Å². The summed E-state index contributed by atoms with van der Waals surface area (Å²) in [5.41, 5.74) is 1.27. The largest absolute Gasteiger partial charge is 0.325 e. The first-order valence-electron chi connectivity index (χ1n) is 7.84. The van der Waals surface area contributed by atoms with Gasteiger partial charge < -0.3 is 9.88 Å². The molecule has 27 heavy (non-hydrogen) atoms. The Morgan fingerprint density at radius 1 is 1.15 bits per heavy atom. The number of aryl methyl sites for hydroxylation is 1. The summed E-state index contributed by atoms with van der Waals surface area (Å²) in [7, 11) is -1.98. The Labute approximate surface area is 160 Å². The Hall–Kier alpha value is -2.69. The van der Waals surface area contributed by atoms with E-state index in [9.17, 15) is 13.2 Å².